The lowest BCUT2D eigenvalue weighted by molar-refractivity contribution is -0.137. The minimum Gasteiger partial charge on any atom is -0.508 e. The van der Waals surface area contributed by atoms with Gasteiger partial charge < -0.3 is 30.1 Å². The molecular formula is C16H15F3N2O8P2S. The molecule has 1 unspecified atom stereocenters. The minimum atomic E-state index is -5.58. The van der Waals surface area contributed by atoms with Gasteiger partial charge in [-0.05, 0) is 29.8 Å². The molecule has 0 spiro atoms. The molecule has 10 nitrogen and oxygen atoms in total. The summed E-state index contributed by atoms with van der Waals surface area (Å²) in [7, 11) is -11.2. The Morgan fingerprint density at radius 2 is 1.53 bits per heavy atom. The molecule has 174 valence electrons. The van der Waals surface area contributed by atoms with Gasteiger partial charge in [0.05, 0.1) is 21.8 Å². The van der Waals surface area contributed by atoms with E-state index >= 15 is 0 Å². The average Bonchev–Trinajstić information content (AvgIpc) is 2.93. The van der Waals surface area contributed by atoms with Gasteiger partial charge in [0.2, 0.25) is 0 Å². The summed E-state index contributed by atoms with van der Waals surface area (Å²) >= 11 is 0.654. The van der Waals surface area contributed by atoms with Gasteiger partial charge in [0.1, 0.15) is 5.75 Å². The first-order chi connectivity index (χ1) is 14.6. The van der Waals surface area contributed by atoms with E-state index in [1.807, 2.05) is 0 Å². The van der Waals surface area contributed by atoms with Crippen molar-refractivity contribution in [1.82, 2.24) is 4.68 Å². The molecule has 0 radical (unpaired) electrons. The van der Waals surface area contributed by atoms with E-state index in [-0.39, 0.29) is 16.8 Å². The second kappa shape index (κ2) is 8.31. The Hall–Kier alpha value is -2.18. The van der Waals surface area contributed by atoms with Crippen molar-refractivity contribution in [2.45, 2.75) is 17.6 Å². The lowest BCUT2D eigenvalue weighted by Crippen LogP contribution is -2.35. The molecule has 16 heteroatoms. The van der Waals surface area contributed by atoms with Crippen molar-refractivity contribution in [1.29, 1.82) is 0 Å². The third kappa shape index (κ3) is 5.07. The van der Waals surface area contributed by atoms with Gasteiger partial charge in [-0.3, -0.25) is 13.9 Å². The Balaban J connectivity index is 2.21. The van der Waals surface area contributed by atoms with Crippen molar-refractivity contribution in [3.05, 3.63) is 63.3 Å². The molecule has 3 aromatic rings. The van der Waals surface area contributed by atoms with Crippen LogP contribution in [0.5, 0.6) is 5.75 Å². The number of halogens is 3. The van der Waals surface area contributed by atoms with Gasteiger partial charge in [0.15, 0.2) is 5.40 Å². The zero-order valence-corrected chi connectivity index (χ0v) is 18.1. The first-order valence-corrected chi connectivity index (χ1v) is 12.7. The normalized spacial score (nSPS) is 14.1. The fourth-order valence-corrected chi connectivity index (χ4v) is 6.69. The molecule has 0 aliphatic heterocycles. The number of aromatic nitrogens is 1. The molecule has 0 aliphatic carbocycles. The zero-order valence-electron chi connectivity index (χ0n) is 15.5. The Morgan fingerprint density at radius 1 is 0.969 bits per heavy atom. The Bertz CT molecular complexity index is 1270. The number of phenols is 1. The van der Waals surface area contributed by atoms with E-state index in [1.54, 1.807) is 0 Å². The topological polar surface area (TPSA) is 169 Å². The Morgan fingerprint density at radius 3 is 2.03 bits per heavy atom. The molecule has 0 saturated heterocycles. The SMILES string of the molecule is O=c1sc2ccc(O)cc2n1NC(c1ccc(C(F)(F)F)cc1)C(P(=O)(O)O)P(=O)(O)O. The maximum atomic E-state index is 12.9. The van der Waals surface area contributed by atoms with E-state index in [0.717, 1.165) is 18.2 Å². The summed E-state index contributed by atoms with van der Waals surface area (Å²) in [5, 5.41) is 6.96. The van der Waals surface area contributed by atoms with Gasteiger partial charge in [-0.25, -0.2) is 4.68 Å². The quantitative estimate of drug-likeness (QED) is 0.271. The number of nitrogens with one attached hydrogen (secondary N) is 1. The highest BCUT2D eigenvalue weighted by Gasteiger charge is 2.50. The fraction of sp³-hybridized carbons (Fsp3) is 0.188. The van der Waals surface area contributed by atoms with Gasteiger partial charge in [-0.1, -0.05) is 23.5 Å². The third-order valence-corrected chi connectivity index (χ3v) is 9.12. The standard InChI is InChI=1S/C16H15F3N2O8P2S/c17-16(18,19)9-3-1-8(2-4-9)13(14(30(24,25)26)31(27,28)29)20-21-11-7-10(22)5-6-12(11)32-15(21)23/h1-7,13-14,20,22H,(H2,24,25,26)(H2,27,28,29). The summed E-state index contributed by atoms with van der Waals surface area (Å²) in [6.07, 6.45) is -4.73. The molecule has 1 atom stereocenters. The van der Waals surface area contributed by atoms with Crippen molar-refractivity contribution in [2.75, 3.05) is 5.43 Å². The van der Waals surface area contributed by atoms with E-state index in [9.17, 15) is 51.8 Å². The predicted octanol–water partition coefficient (Wildman–Crippen LogP) is 2.75. The highest BCUT2D eigenvalue weighted by atomic mass is 32.1. The van der Waals surface area contributed by atoms with Gasteiger partial charge in [0, 0.05) is 6.07 Å². The van der Waals surface area contributed by atoms with E-state index in [0.29, 0.717) is 32.8 Å². The highest BCUT2D eigenvalue weighted by Crippen LogP contribution is 2.64. The van der Waals surface area contributed by atoms with Crippen LogP contribution < -0.4 is 10.3 Å². The van der Waals surface area contributed by atoms with Crippen molar-refractivity contribution in [3.63, 3.8) is 0 Å². The van der Waals surface area contributed by atoms with Gasteiger partial charge in [-0.2, -0.15) is 13.2 Å². The molecule has 6 N–H and O–H groups in total. The lowest BCUT2D eigenvalue weighted by Gasteiger charge is -2.30. The van der Waals surface area contributed by atoms with Gasteiger partial charge in [-0.15, -0.1) is 0 Å². The smallest absolute Gasteiger partial charge is 0.416 e. The number of alkyl halides is 3. The number of rotatable bonds is 6. The fourth-order valence-electron chi connectivity index (χ4n) is 3.04. The first-order valence-electron chi connectivity index (χ1n) is 8.48. The van der Waals surface area contributed by atoms with Crippen LogP contribution in [0.15, 0.2) is 47.3 Å². The van der Waals surface area contributed by atoms with Crippen LogP contribution >= 0.6 is 26.5 Å². The van der Waals surface area contributed by atoms with Gasteiger partial charge >= 0.3 is 26.2 Å². The minimum absolute atomic E-state index is 0.0204. The summed E-state index contributed by atoms with van der Waals surface area (Å²) in [4.78, 5) is 50.3. The van der Waals surface area contributed by atoms with E-state index in [4.69, 9.17) is 0 Å². The monoisotopic (exact) mass is 514 g/mol. The number of hydrogen-bond donors (Lipinski definition) is 6. The molecule has 0 aliphatic rings. The maximum absolute atomic E-state index is 12.9. The molecule has 2 aromatic carbocycles. The summed E-state index contributed by atoms with van der Waals surface area (Å²) in [5.74, 6) is -0.279. The number of phenolic OH excluding ortho intramolecular Hbond substituents is 1. The number of aromatic hydroxyl groups is 1. The molecule has 32 heavy (non-hydrogen) atoms. The van der Waals surface area contributed by atoms with Gasteiger partial charge in [0.25, 0.3) is 0 Å². The number of nitrogens with zero attached hydrogens (tertiary/aromatic N) is 1. The summed E-state index contributed by atoms with van der Waals surface area (Å²) in [6.45, 7) is 0. The van der Waals surface area contributed by atoms with Crippen LogP contribution in [0.1, 0.15) is 17.2 Å². The van der Waals surface area contributed by atoms with Crippen LogP contribution in [0.25, 0.3) is 10.2 Å². The zero-order chi connectivity index (χ0) is 24.1. The van der Waals surface area contributed by atoms with Crippen LogP contribution in [0, 0.1) is 0 Å². The van der Waals surface area contributed by atoms with Crippen molar-refractivity contribution < 1.29 is 47.0 Å². The van der Waals surface area contributed by atoms with Crippen LogP contribution in [-0.4, -0.2) is 34.8 Å². The lowest BCUT2D eigenvalue weighted by atomic mass is 10.1. The Kier molecular flexibility index (Phi) is 6.35. The van der Waals surface area contributed by atoms with Crippen LogP contribution in [0.2, 0.25) is 0 Å². The average molecular weight is 514 g/mol. The molecule has 1 heterocycles. The number of fused-ring (bicyclic) bond motifs is 1. The van der Waals surface area contributed by atoms with Crippen molar-refractivity contribution in [3.8, 4) is 5.75 Å². The summed E-state index contributed by atoms with van der Waals surface area (Å²) in [6, 6.07) is 4.48. The second-order valence-electron chi connectivity index (χ2n) is 6.67. The molecule has 3 rings (SSSR count). The van der Waals surface area contributed by atoms with Crippen LogP contribution in [-0.2, 0) is 15.3 Å². The summed E-state index contributed by atoms with van der Waals surface area (Å²) < 4.78 is 63.7. The molecule has 0 fully saturated rings. The Labute approximate surface area is 180 Å². The molecule has 0 amide bonds. The van der Waals surface area contributed by atoms with Crippen molar-refractivity contribution in [2.24, 2.45) is 0 Å². The molecule has 1 aromatic heterocycles. The van der Waals surface area contributed by atoms with E-state index in [2.05, 4.69) is 5.43 Å². The predicted molar refractivity (Wildman–Crippen MR) is 109 cm³/mol. The summed E-state index contributed by atoms with van der Waals surface area (Å²) in [5.41, 5.74) is 0.906. The second-order valence-corrected chi connectivity index (χ2v) is 11.5. The van der Waals surface area contributed by atoms with Crippen LogP contribution in [0.4, 0.5) is 13.2 Å². The number of hydrogen-bond acceptors (Lipinski definition) is 6. The molecular weight excluding hydrogens is 499 g/mol. The van der Waals surface area contributed by atoms with Crippen LogP contribution in [0.3, 0.4) is 0 Å². The molecule has 0 bridgehead atoms. The number of thiazole rings is 1. The maximum Gasteiger partial charge on any atom is 0.416 e. The van der Waals surface area contributed by atoms with E-state index < -0.39 is 43.2 Å². The largest absolute Gasteiger partial charge is 0.508 e. The van der Waals surface area contributed by atoms with E-state index in [1.165, 1.54) is 12.1 Å². The number of benzene rings is 2. The molecule has 0 saturated carbocycles. The van der Waals surface area contributed by atoms with Crippen molar-refractivity contribution >= 4 is 36.7 Å². The third-order valence-electron chi connectivity index (χ3n) is 4.42. The highest BCUT2D eigenvalue weighted by molar-refractivity contribution is 7.71. The first kappa shape index (κ1) is 24.5.